The van der Waals surface area contributed by atoms with Crippen molar-refractivity contribution in [3.05, 3.63) is 34.9 Å². The van der Waals surface area contributed by atoms with E-state index in [4.69, 9.17) is 0 Å². The molecule has 1 aromatic carbocycles. The maximum Gasteiger partial charge on any atom is 0.00190 e. The molecular formula is C15H26IN. The van der Waals surface area contributed by atoms with Gasteiger partial charge in [0, 0.05) is 13.1 Å². The van der Waals surface area contributed by atoms with Crippen molar-refractivity contribution >= 4 is 22.6 Å². The highest BCUT2D eigenvalue weighted by atomic mass is 127. The van der Waals surface area contributed by atoms with E-state index < -0.39 is 0 Å². The van der Waals surface area contributed by atoms with Crippen LogP contribution < -0.4 is 0 Å². The Morgan fingerprint density at radius 1 is 1.00 bits per heavy atom. The molecule has 0 N–H and O–H groups in total. The fourth-order valence-electron chi connectivity index (χ4n) is 1.97. The van der Waals surface area contributed by atoms with Gasteiger partial charge in [0.05, 0.1) is 0 Å². The predicted octanol–water partition coefficient (Wildman–Crippen LogP) is 4.10. The van der Waals surface area contributed by atoms with Crippen LogP contribution in [0.2, 0.25) is 0 Å². The molecule has 98 valence electrons. The first kappa shape index (κ1) is 16.9. The Hall–Kier alpha value is -0.0900. The van der Waals surface area contributed by atoms with Gasteiger partial charge in [0.2, 0.25) is 0 Å². The van der Waals surface area contributed by atoms with Gasteiger partial charge in [-0.05, 0) is 42.9 Å². The van der Waals surface area contributed by atoms with Crippen LogP contribution in [0.1, 0.15) is 30.5 Å². The molecule has 1 aliphatic heterocycles. The first-order chi connectivity index (χ1) is 8.25. The molecule has 0 aliphatic carbocycles. The van der Waals surface area contributed by atoms with Crippen molar-refractivity contribution in [1.82, 2.24) is 4.90 Å². The standard InChI is InChI=1S/C12H17N.C2H6.CH3I/c1-10-3-4-11-5-7-13(2)8-6-12(11)9-10;2*1-2/h3-4,9H,5-8H2,1-2H3;1-2H3;1H3. The number of halogens is 1. The number of hydrogen-bond acceptors (Lipinski definition) is 1. The maximum atomic E-state index is 2.41. The van der Waals surface area contributed by atoms with Crippen LogP contribution in [0.5, 0.6) is 0 Å². The summed E-state index contributed by atoms with van der Waals surface area (Å²) in [5.74, 6) is 0. The average Bonchev–Trinajstić information content (AvgIpc) is 2.57. The number of alkyl halides is 1. The van der Waals surface area contributed by atoms with Crippen LogP contribution >= 0.6 is 22.6 Å². The van der Waals surface area contributed by atoms with Crippen molar-refractivity contribution in [1.29, 1.82) is 0 Å². The van der Waals surface area contributed by atoms with Gasteiger partial charge >= 0.3 is 0 Å². The quantitative estimate of drug-likeness (QED) is 0.504. The van der Waals surface area contributed by atoms with E-state index >= 15 is 0 Å². The van der Waals surface area contributed by atoms with E-state index in [9.17, 15) is 0 Å². The SMILES string of the molecule is CC.CI.Cc1ccc2c(c1)CCN(C)CC2. The lowest BCUT2D eigenvalue weighted by Gasteiger charge is -2.10. The first-order valence-corrected chi connectivity index (χ1v) is 8.56. The molecule has 0 spiro atoms. The highest BCUT2D eigenvalue weighted by Crippen LogP contribution is 2.16. The smallest absolute Gasteiger partial charge is 0.00190 e. The van der Waals surface area contributed by atoms with E-state index in [0.29, 0.717) is 0 Å². The second kappa shape index (κ2) is 9.89. The van der Waals surface area contributed by atoms with Gasteiger partial charge in [-0.1, -0.05) is 60.2 Å². The number of rotatable bonds is 0. The normalized spacial score (nSPS) is 14.5. The third kappa shape index (κ3) is 5.87. The molecule has 0 saturated heterocycles. The van der Waals surface area contributed by atoms with Crippen molar-refractivity contribution in [2.45, 2.75) is 33.6 Å². The second-order valence-corrected chi connectivity index (χ2v) is 4.08. The Bertz CT molecular complexity index is 310. The summed E-state index contributed by atoms with van der Waals surface area (Å²) in [4.78, 5) is 4.38. The van der Waals surface area contributed by atoms with Crippen LogP contribution in [-0.4, -0.2) is 30.0 Å². The third-order valence-corrected chi connectivity index (χ3v) is 2.89. The zero-order chi connectivity index (χ0) is 13.3. The van der Waals surface area contributed by atoms with Gasteiger partial charge in [-0.15, -0.1) is 0 Å². The summed E-state index contributed by atoms with van der Waals surface area (Å²) in [7, 11) is 2.21. The topological polar surface area (TPSA) is 3.24 Å². The zero-order valence-corrected chi connectivity index (χ0v) is 14.0. The minimum atomic E-state index is 1.20. The van der Waals surface area contributed by atoms with Crippen LogP contribution in [0.25, 0.3) is 0 Å². The monoisotopic (exact) mass is 347 g/mol. The first-order valence-electron chi connectivity index (χ1n) is 6.40. The van der Waals surface area contributed by atoms with Gasteiger partial charge < -0.3 is 4.90 Å². The van der Waals surface area contributed by atoms with Gasteiger partial charge in [-0.2, -0.15) is 0 Å². The van der Waals surface area contributed by atoms with Gasteiger partial charge in [-0.3, -0.25) is 0 Å². The fraction of sp³-hybridized carbons (Fsp3) is 0.600. The molecule has 0 aromatic heterocycles. The maximum absolute atomic E-state index is 2.41. The number of hydrogen-bond donors (Lipinski definition) is 0. The number of nitrogens with zero attached hydrogens (tertiary/aromatic N) is 1. The molecule has 0 atom stereocenters. The Morgan fingerprint density at radius 3 is 2.12 bits per heavy atom. The lowest BCUT2D eigenvalue weighted by atomic mass is 10.0. The van der Waals surface area contributed by atoms with Gasteiger partial charge in [-0.25, -0.2) is 0 Å². The zero-order valence-electron chi connectivity index (χ0n) is 11.9. The minimum Gasteiger partial charge on any atom is -0.306 e. The van der Waals surface area contributed by atoms with E-state index in [1.165, 1.54) is 31.5 Å². The molecule has 0 amide bonds. The van der Waals surface area contributed by atoms with Crippen molar-refractivity contribution in [2.75, 3.05) is 25.1 Å². The summed E-state index contributed by atoms with van der Waals surface area (Å²) < 4.78 is 0. The van der Waals surface area contributed by atoms with Crippen LogP contribution in [0.4, 0.5) is 0 Å². The lowest BCUT2D eigenvalue weighted by Crippen LogP contribution is -2.20. The highest BCUT2D eigenvalue weighted by Gasteiger charge is 2.10. The molecule has 2 heteroatoms. The molecule has 1 aliphatic rings. The number of fused-ring (bicyclic) bond motifs is 1. The summed E-state index contributed by atoms with van der Waals surface area (Å²) in [6.45, 7) is 8.58. The van der Waals surface area contributed by atoms with E-state index in [-0.39, 0.29) is 0 Å². The molecule has 1 heterocycles. The van der Waals surface area contributed by atoms with Gasteiger partial charge in [0.1, 0.15) is 0 Å². The van der Waals surface area contributed by atoms with Crippen LogP contribution in [0, 0.1) is 6.92 Å². The summed E-state index contributed by atoms with van der Waals surface area (Å²) in [6.07, 6.45) is 2.43. The van der Waals surface area contributed by atoms with Crippen LogP contribution in [0.3, 0.4) is 0 Å². The molecule has 17 heavy (non-hydrogen) atoms. The largest absolute Gasteiger partial charge is 0.306 e. The van der Waals surface area contributed by atoms with Gasteiger partial charge in [0.15, 0.2) is 0 Å². The van der Waals surface area contributed by atoms with Gasteiger partial charge in [0.25, 0.3) is 0 Å². The van der Waals surface area contributed by atoms with Crippen molar-refractivity contribution in [3.63, 3.8) is 0 Å². The number of aryl methyl sites for hydroxylation is 1. The van der Waals surface area contributed by atoms with Crippen molar-refractivity contribution < 1.29 is 0 Å². The molecular weight excluding hydrogens is 321 g/mol. The molecule has 0 radical (unpaired) electrons. The summed E-state index contributed by atoms with van der Waals surface area (Å²) in [5, 5.41) is 0. The molecule has 1 aromatic rings. The summed E-state index contributed by atoms with van der Waals surface area (Å²) in [5.41, 5.74) is 4.50. The van der Waals surface area contributed by atoms with Crippen molar-refractivity contribution in [3.8, 4) is 0 Å². The Morgan fingerprint density at radius 2 is 1.53 bits per heavy atom. The molecule has 1 nitrogen and oxygen atoms in total. The Labute approximate surface area is 121 Å². The third-order valence-electron chi connectivity index (χ3n) is 2.89. The summed E-state index contributed by atoms with van der Waals surface area (Å²) >= 11 is 2.15. The Balaban J connectivity index is 0.000000581. The molecule has 0 fully saturated rings. The number of likely N-dealkylation sites (N-methyl/N-ethyl adjacent to an activating group) is 1. The Kier molecular flexibility index (Phi) is 9.84. The fourth-order valence-corrected chi connectivity index (χ4v) is 1.97. The molecule has 0 saturated carbocycles. The molecule has 0 unspecified atom stereocenters. The van der Waals surface area contributed by atoms with E-state index in [0.717, 1.165) is 0 Å². The number of benzene rings is 1. The lowest BCUT2D eigenvalue weighted by molar-refractivity contribution is 0.352. The molecule has 0 bridgehead atoms. The van der Waals surface area contributed by atoms with Crippen LogP contribution in [0.15, 0.2) is 18.2 Å². The minimum absolute atomic E-state index is 1.20. The van der Waals surface area contributed by atoms with Crippen molar-refractivity contribution in [2.24, 2.45) is 0 Å². The summed E-state index contributed by atoms with van der Waals surface area (Å²) in [6, 6.07) is 6.86. The average molecular weight is 347 g/mol. The highest BCUT2D eigenvalue weighted by molar-refractivity contribution is 14.1. The van der Waals surface area contributed by atoms with Crippen LogP contribution in [-0.2, 0) is 12.8 Å². The van der Waals surface area contributed by atoms with E-state index in [2.05, 4.69) is 59.7 Å². The predicted molar refractivity (Wildman–Crippen MR) is 87.4 cm³/mol. The molecule has 2 rings (SSSR count). The van der Waals surface area contributed by atoms with E-state index in [1.54, 1.807) is 11.1 Å². The second-order valence-electron chi connectivity index (χ2n) is 4.08. The van der Waals surface area contributed by atoms with E-state index in [1.807, 2.05) is 18.8 Å².